The normalized spacial score (nSPS) is 10.6. The molecule has 0 fully saturated rings. The van der Waals surface area contributed by atoms with Crippen LogP contribution in [0.3, 0.4) is 0 Å². The highest BCUT2D eigenvalue weighted by Crippen LogP contribution is 2.34. The molecule has 4 nitrogen and oxygen atoms in total. The van der Waals surface area contributed by atoms with Crippen molar-refractivity contribution in [3.8, 4) is 11.8 Å². The number of nitrogens with zero attached hydrogens (tertiary/aromatic N) is 2. The lowest BCUT2D eigenvalue weighted by atomic mass is 10.1. The number of ether oxygens (including phenoxy) is 1. The molecule has 0 heterocycles. The van der Waals surface area contributed by atoms with Crippen LogP contribution in [0, 0.1) is 11.3 Å². The van der Waals surface area contributed by atoms with Crippen molar-refractivity contribution < 1.29 is 9.57 Å². The highest BCUT2D eigenvalue weighted by molar-refractivity contribution is 9.10. The molecule has 3 aromatic rings. The molecule has 0 N–H and O–H groups in total. The monoisotopic (exact) mass is 454 g/mol. The average Bonchev–Trinajstić information content (AvgIpc) is 2.71. The van der Waals surface area contributed by atoms with Gasteiger partial charge in [0.2, 0.25) is 0 Å². The average molecular weight is 456 g/mol. The number of benzene rings is 3. The van der Waals surface area contributed by atoms with Crippen LogP contribution in [-0.4, -0.2) is 6.21 Å². The van der Waals surface area contributed by atoms with Gasteiger partial charge in [-0.15, -0.1) is 0 Å². The van der Waals surface area contributed by atoms with Crippen molar-refractivity contribution in [1.29, 1.82) is 5.26 Å². The lowest BCUT2D eigenvalue weighted by Crippen LogP contribution is -1.97. The maximum atomic E-state index is 9.08. The molecule has 0 radical (unpaired) electrons. The summed E-state index contributed by atoms with van der Waals surface area (Å²) in [6.07, 6.45) is 1.56. The van der Waals surface area contributed by atoms with Crippen molar-refractivity contribution in [3.05, 3.63) is 98.5 Å². The molecule has 0 saturated heterocycles. The predicted octanol–water partition coefficient (Wildman–Crippen LogP) is 6.10. The fourth-order valence-corrected chi connectivity index (χ4v) is 3.47. The molecule has 3 rings (SSSR count). The summed E-state index contributed by atoms with van der Waals surface area (Å²) in [5, 5.41) is 13.5. The fourth-order valence-electron chi connectivity index (χ4n) is 2.48. The van der Waals surface area contributed by atoms with E-state index in [0.717, 1.165) is 21.2 Å². The van der Waals surface area contributed by atoms with Gasteiger partial charge in [0.25, 0.3) is 0 Å². The van der Waals surface area contributed by atoms with Gasteiger partial charge in [-0.1, -0.05) is 65.3 Å². The highest BCUT2D eigenvalue weighted by atomic mass is 79.9. The number of hydrogen-bond donors (Lipinski definition) is 0. The molecule has 3 aromatic carbocycles. The molecule has 6 heteroatoms. The number of halogens is 2. The van der Waals surface area contributed by atoms with Crippen molar-refractivity contribution >= 4 is 33.7 Å². The van der Waals surface area contributed by atoms with Crippen molar-refractivity contribution in [1.82, 2.24) is 0 Å². The van der Waals surface area contributed by atoms with Crippen LogP contribution in [-0.2, 0) is 18.1 Å². The Kier molecular flexibility index (Phi) is 7.07. The minimum atomic E-state index is 0.216. The minimum Gasteiger partial charge on any atom is -0.486 e. The first kappa shape index (κ1) is 19.9. The van der Waals surface area contributed by atoms with E-state index in [9.17, 15) is 0 Å². The van der Waals surface area contributed by atoms with E-state index in [1.807, 2.05) is 54.6 Å². The zero-order valence-electron chi connectivity index (χ0n) is 14.8. The third-order valence-electron chi connectivity index (χ3n) is 3.88. The van der Waals surface area contributed by atoms with Crippen LogP contribution < -0.4 is 4.74 Å². The van der Waals surface area contributed by atoms with E-state index in [-0.39, 0.29) is 6.61 Å². The Bertz CT molecular complexity index is 994. The largest absolute Gasteiger partial charge is 0.486 e. The molecule has 0 saturated carbocycles. The zero-order chi connectivity index (χ0) is 19.8. The SMILES string of the molecule is N#Cc1ccccc1CO/N=C\c1cc(Cl)c(OCc2ccccc2)c(Br)c1. The second-order valence-electron chi connectivity index (χ2n) is 5.86. The summed E-state index contributed by atoms with van der Waals surface area (Å²) in [7, 11) is 0. The smallest absolute Gasteiger partial charge is 0.152 e. The molecular formula is C22H16BrClN2O2. The summed E-state index contributed by atoms with van der Waals surface area (Å²) in [4.78, 5) is 5.31. The van der Waals surface area contributed by atoms with Gasteiger partial charge in [-0.2, -0.15) is 5.26 Å². The van der Waals surface area contributed by atoms with Crippen LogP contribution in [0.1, 0.15) is 22.3 Å². The first-order valence-electron chi connectivity index (χ1n) is 8.46. The summed E-state index contributed by atoms with van der Waals surface area (Å²) >= 11 is 9.84. The molecule has 0 aliphatic carbocycles. The predicted molar refractivity (Wildman–Crippen MR) is 113 cm³/mol. The van der Waals surface area contributed by atoms with Gasteiger partial charge in [0, 0.05) is 5.56 Å². The van der Waals surface area contributed by atoms with Crippen molar-refractivity contribution in [3.63, 3.8) is 0 Å². The van der Waals surface area contributed by atoms with Crippen LogP contribution in [0.15, 0.2) is 76.4 Å². The van der Waals surface area contributed by atoms with Gasteiger partial charge in [-0.3, -0.25) is 0 Å². The fraction of sp³-hybridized carbons (Fsp3) is 0.0909. The van der Waals surface area contributed by atoms with Gasteiger partial charge in [0.15, 0.2) is 5.75 Å². The first-order valence-corrected chi connectivity index (χ1v) is 9.63. The zero-order valence-corrected chi connectivity index (χ0v) is 17.2. The van der Waals surface area contributed by atoms with Gasteiger partial charge < -0.3 is 9.57 Å². The molecule has 0 aliphatic heterocycles. The van der Waals surface area contributed by atoms with Gasteiger partial charge in [0.05, 0.1) is 27.3 Å². The molecule has 0 aliphatic rings. The second kappa shape index (κ2) is 9.93. The van der Waals surface area contributed by atoms with E-state index in [1.165, 1.54) is 0 Å². The van der Waals surface area contributed by atoms with Crippen LogP contribution in [0.2, 0.25) is 5.02 Å². The van der Waals surface area contributed by atoms with E-state index < -0.39 is 0 Å². The summed E-state index contributed by atoms with van der Waals surface area (Å²) in [5.74, 6) is 0.575. The van der Waals surface area contributed by atoms with Crippen LogP contribution in [0.5, 0.6) is 5.75 Å². The van der Waals surface area contributed by atoms with Gasteiger partial charge in [-0.05, 0) is 45.3 Å². The number of hydrogen-bond acceptors (Lipinski definition) is 4. The van der Waals surface area contributed by atoms with Crippen LogP contribution >= 0.6 is 27.5 Å². The summed E-state index contributed by atoms with van der Waals surface area (Å²) in [6.45, 7) is 0.640. The first-order chi connectivity index (χ1) is 13.7. The topological polar surface area (TPSA) is 54.6 Å². The van der Waals surface area contributed by atoms with Crippen LogP contribution in [0.25, 0.3) is 0 Å². The van der Waals surface area contributed by atoms with Gasteiger partial charge >= 0.3 is 0 Å². The maximum Gasteiger partial charge on any atom is 0.152 e. The molecule has 0 unspecified atom stereocenters. The summed E-state index contributed by atoms with van der Waals surface area (Å²) in [5.41, 5.74) is 3.18. The van der Waals surface area contributed by atoms with E-state index >= 15 is 0 Å². The van der Waals surface area contributed by atoms with Crippen molar-refractivity contribution in [2.24, 2.45) is 5.16 Å². The lowest BCUT2D eigenvalue weighted by molar-refractivity contribution is 0.132. The van der Waals surface area contributed by atoms with Gasteiger partial charge in [-0.25, -0.2) is 0 Å². The van der Waals surface area contributed by atoms with Crippen molar-refractivity contribution in [2.75, 3.05) is 0 Å². The Morgan fingerprint density at radius 3 is 2.54 bits per heavy atom. The Labute approximate surface area is 177 Å². The Hall–Kier alpha value is -2.81. The maximum absolute atomic E-state index is 9.08. The van der Waals surface area contributed by atoms with Gasteiger partial charge in [0.1, 0.15) is 13.2 Å². The summed E-state index contributed by atoms with van der Waals surface area (Å²) in [6, 6.07) is 22.8. The number of oxime groups is 1. The third kappa shape index (κ3) is 5.35. The number of nitriles is 1. The number of rotatable bonds is 7. The van der Waals surface area contributed by atoms with E-state index in [0.29, 0.717) is 22.9 Å². The van der Waals surface area contributed by atoms with E-state index in [1.54, 1.807) is 18.3 Å². The molecular weight excluding hydrogens is 440 g/mol. The molecule has 140 valence electrons. The van der Waals surface area contributed by atoms with E-state index in [2.05, 4.69) is 27.2 Å². The molecule has 0 spiro atoms. The van der Waals surface area contributed by atoms with Crippen molar-refractivity contribution in [2.45, 2.75) is 13.2 Å². The second-order valence-corrected chi connectivity index (χ2v) is 7.13. The Balaban J connectivity index is 1.62. The standard InChI is InChI=1S/C22H16BrClN2O2/c23-20-10-17(13-26-28-15-19-9-5-4-8-18(19)12-25)11-21(24)22(20)27-14-16-6-2-1-3-7-16/h1-11,13H,14-15H2/b26-13-. The van der Waals surface area contributed by atoms with E-state index in [4.69, 9.17) is 26.4 Å². The molecule has 0 atom stereocenters. The minimum absolute atomic E-state index is 0.216. The molecule has 0 amide bonds. The Morgan fingerprint density at radius 1 is 1.04 bits per heavy atom. The lowest BCUT2D eigenvalue weighted by Gasteiger charge is -2.11. The Morgan fingerprint density at radius 2 is 1.79 bits per heavy atom. The van der Waals surface area contributed by atoms with Crippen LogP contribution in [0.4, 0.5) is 0 Å². The third-order valence-corrected chi connectivity index (χ3v) is 4.75. The molecule has 0 bridgehead atoms. The quantitative estimate of drug-likeness (QED) is 0.319. The molecule has 28 heavy (non-hydrogen) atoms. The summed E-state index contributed by atoms with van der Waals surface area (Å²) < 4.78 is 6.56. The highest BCUT2D eigenvalue weighted by Gasteiger charge is 2.09. The molecule has 0 aromatic heterocycles.